The molecule has 0 amide bonds. The maximum absolute atomic E-state index is 3.56. The average molecular weight is 199 g/mol. The Labute approximate surface area is 70.8 Å². The molecule has 0 aliphatic heterocycles. The fraction of sp³-hybridized carbons (Fsp3) is 0.111. The molecule has 0 fully saturated rings. The van der Waals surface area contributed by atoms with E-state index in [9.17, 15) is 0 Å². The van der Waals surface area contributed by atoms with Gasteiger partial charge in [-0.05, 0) is 19.1 Å². The Morgan fingerprint density at radius 2 is 2.10 bits per heavy atom. The second kappa shape index (κ2) is 6.56. The standard InChI is InChI=1S/C9H11Br/c1-3-5-7-9(10)8-6-4-2/h3-8H,1H2,2H3/b6-4-,7-5-,9-8+. The number of hydrogen-bond donors (Lipinski definition) is 0. The van der Waals surface area contributed by atoms with E-state index < -0.39 is 0 Å². The highest BCUT2D eigenvalue weighted by Gasteiger charge is 1.76. The third-order valence-electron chi connectivity index (χ3n) is 0.839. The topological polar surface area (TPSA) is 0 Å². The van der Waals surface area contributed by atoms with Crippen molar-refractivity contribution in [3.05, 3.63) is 47.5 Å². The molecule has 54 valence electrons. The Morgan fingerprint density at radius 3 is 2.60 bits per heavy atom. The normalized spacial score (nSPS) is 13.2. The highest BCUT2D eigenvalue weighted by atomic mass is 79.9. The predicted octanol–water partition coefficient (Wildman–Crippen LogP) is 3.58. The second-order valence-electron chi connectivity index (χ2n) is 1.67. The van der Waals surface area contributed by atoms with E-state index in [-0.39, 0.29) is 0 Å². The SMILES string of the molecule is C=C\C=C/C(Br)=C\C=C/C. The van der Waals surface area contributed by atoms with E-state index in [1.807, 2.05) is 37.3 Å². The van der Waals surface area contributed by atoms with Gasteiger partial charge in [-0.2, -0.15) is 0 Å². The lowest BCUT2D eigenvalue weighted by molar-refractivity contribution is 1.72. The molecule has 0 bridgehead atoms. The second-order valence-corrected chi connectivity index (χ2v) is 2.59. The molecule has 0 atom stereocenters. The van der Waals surface area contributed by atoms with Crippen molar-refractivity contribution >= 4 is 15.9 Å². The predicted molar refractivity (Wildman–Crippen MR) is 51.2 cm³/mol. The van der Waals surface area contributed by atoms with Crippen LogP contribution in [-0.2, 0) is 0 Å². The molecule has 0 saturated heterocycles. The zero-order chi connectivity index (χ0) is 7.82. The minimum absolute atomic E-state index is 1.05. The molecule has 0 aromatic carbocycles. The summed E-state index contributed by atoms with van der Waals surface area (Å²) in [6.45, 7) is 5.54. The zero-order valence-corrected chi connectivity index (χ0v) is 7.64. The summed E-state index contributed by atoms with van der Waals surface area (Å²) in [6.07, 6.45) is 11.5. The van der Waals surface area contributed by atoms with Crippen LogP contribution in [0, 0.1) is 0 Å². The third-order valence-corrected chi connectivity index (χ3v) is 1.37. The zero-order valence-electron chi connectivity index (χ0n) is 6.05. The molecule has 0 aromatic rings. The van der Waals surface area contributed by atoms with Gasteiger partial charge in [-0.1, -0.05) is 46.8 Å². The van der Waals surface area contributed by atoms with Crippen LogP contribution < -0.4 is 0 Å². The number of halogens is 1. The van der Waals surface area contributed by atoms with Crippen LogP contribution in [0.25, 0.3) is 0 Å². The van der Waals surface area contributed by atoms with Gasteiger partial charge in [-0.25, -0.2) is 0 Å². The Morgan fingerprint density at radius 1 is 1.40 bits per heavy atom. The van der Waals surface area contributed by atoms with Crippen molar-refractivity contribution in [3.63, 3.8) is 0 Å². The Hall–Kier alpha value is -0.560. The fourth-order valence-corrected chi connectivity index (χ4v) is 0.709. The highest BCUT2D eigenvalue weighted by molar-refractivity contribution is 9.11. The van der Waals surface area contributed by atoms with Crippen molar-refractivity contribution in [2.24, 2.45) is 0 Å². The van der Waals surface area contributed by atoms with Gasteiger partial charge in [0.25, 0.3) is 0 Å². The molecule has 0 aromatic heterocycles. The van der Waals surface area contributed by atoms with Crippen LogP contribution in [0.2, 0.25) is 0 Å². The van der Waals surface area contributed by atoms with Crippen LogP contribution in [0.15, 0.2) is 47.5 Å². The van der Waals surface area contributed by atoms with Crippen LogP contribution >= 0.6 is 15.9 Å². The van der Waals surface area contributed by atoms with E-state index in [1.54, 1.807) is 6.08 Å². The summed E-state index contributed by atoms with van der Waals surface area (Å²) in [5, 5.41) is 0. The molecule has 0 heterocycles. The van der Waals surface area contributed by atoms with Crippen LogP contribution in [0.1, 0.15) is 6.92 Å². The summed E-state index contributed by atoms with van der Waals surface area (Å²) in [5.41, 5.74) is 0. The van der Waals surface area contributed by atoms with Gasteiger partial charge in [0.1, 0.15) is 0 Å². The Kier molecular flexibility index (Phi) is 6.19. The first-order valence-electron chi connectivity index (χ1n) is 3.09. The van der Waals surface area contributed by atoms with Crippen molar-refractivity contribution in [3.8, 4) is 0 Å². The molecular formula is C9H11Br. The largest absolute Gasteiger partial charge is 0.0991 e. The van der Waals surface area contributed by atoms with Crippen molar-refractivity contribution in [2.75, 3.05) is 0 Å². The first-order valence-corrected chi connectivity index (χ1v) is 3.88. The lowest BCUT2D eigenvalue weighted by Crippen LogP contribution is -1.58. The minimum atomic E-state index is 1.05. The van der Waals surface area contributed by atoms with Gasteiger partial charge in [0, 0.05) is 4.48 Å². The molecule has 1 heteroatoms. The summed E-state index contributed by atoms with van der Waals surface area (Å²) in [7, 11) is 0. The molecule has 0 unspecified atom stereocenters. The summed E-state index contributed by atoms with van der Waals surface area (Å²) in [6, 6.07) is 0. The van der Waals surface area contributed by atoms with Crippen LogP contribution in [0.3, 0.4) is 0 Å². The quantitative estimate of drug-likeness (QED) is 0.609. The van der Waals surface area contributed by atoms with Crippen LogP contribution in [0.4, 0.5) is 0 Å². The number of hydrogen-bond acceptors (Lipinski definition) is 0. The molecule has 0 rings (SSSR count). The average Bonchev–Trinajstić information content (AvgIpc) is 1.97. The smallest absolute Gasteiger partial charge is 0.0175 e. The van der Waals surface area contributed by atoms with Gasteiger partial charge in [-0.15, -0.1) is 0 Å². The van der Waals surface area contributed by atoms with Crippen LogP contribution in [-0.4, -0.2) is 0 Å². The van der Waals surface area contributed by atoms with Gasteiger partial charge in [-0.3, -0.25) is 0 Å². The molecule has 0 N–H and O–H groups in total. The first-order chi connectivity index (χ1) is 4.81. The Balaban J connectivity index is 3.93. The number of rotatable bonds is 3. The fourth-order valence-electron chi connectivity index (χ4n) is 0.404. The lowest BCUT2D eigenvalue weighted by atomic mass is 10.4. The summed E-state index contributed by atoms with van der Waals surface area (Å²) >= 11 is 3.36. The molecule has 0 spiro atoms. The first kappa shape index (κ1) is 9.44. The van der Waals surface area contributed by atoms with Gasteiger partial charge in [0.15, 0.2) is 0 Å². The van der Waals surface area contributed by atoms with Crippen molar-refractivity contribution in [1.82, 2.24) is 0 Å². The Bertz CT molecular complexity index is 173. The van der Waals surface area contributed by atoms with Crippen molar-refractivity contribution in [1.29, 1.82) is 0 Å². The summed E-state index contributed by atoms with van der Waals surface area (Å²) in [5.74, 6) is 0. The molecule has 0 aliphatic carbocycles. The monoisotopic (exact) mass is 198 g/mol. The van der Waals surface area contributed by atoms with Crippen molar-refractivity contribution < 1.29 is 0 Å². The van der Waals surface area contributed by atoms with Gasteiger partial charge in [0.2, 0.25) is 0 Å². The van der Waals surface area contributed by atoms with Crippen LogP contribution in [0.5, 0.6) is 0 Å². The van der Waals surface area contributed by atoms with E-state index >= 15 is 0 Å². The molecule has 0 radical (unpaired) electrons. The summed E-state index contributed by atoms with van der Waals surface area (Å²) < 4.78 is 1.05. The van der Waals surface area contributed by atoms with Gasteiger partial charge < -0.3 is 0 Å². The van der Waals surface area contributed by atoms with E-state index in [0.29, 0.717) is 0 Å². The molecule has 10 heavy (non-hydrogen) atoms. The van der Waals surface area contributed by atoms with E-state index in [2.05, 4.69) is 22.5 Å². The van der Waals surface area contributed by atoms with E-state index in [1.165, 1.54) is 0 Å². The van der Waals surface area contributed by atoms with Gasteiger partial charge >= 0.3 is 0 Å². The third kappa shape index (κ3) is 5.57. The molecular weight excluding hydrogens is 188 g/mol. The molecule has 0 nitrogen and oxygen atoms in total. The van der Waals surface area contributed by atoms with E-state index in [0.717, 1.165) is 4.48 Å². The van der Waals surface area contributed by atoms with Gasteiger partial charge in [0.05, 0.1) is 0 Å². The minimum Gasteiger partial charge on any atom is -0.0991 e. The van der Waals surface area contributed by atoms with E-state index in [4.69, 9.17) is 0 Å². The molecule has 0 saturated carbocycles. The maximum Gasteiger partial charge on any atom is 0.0175 e. The number of allylic oxidation sites excluding steroid dienone is 7. The van der Waals surface area contributed by atoms with Crippen molar-refractivity contribution in [2.45, 2.75) is 6.92 Å². The maximum atomic E-state index is 3.56. The lowest BCUT2D eigenvalue weighted by Gasteiger charge is -1.81. The molecule has 0 aliphatic rings. The highest BCUT2D eigenvalue weighted by Crippen LogP contribution is 2.05. The summed E-state index contributed by atoms with van der Waals surface area (Å²) in [4.78, 5) is 0.